The molecule has 1 nitrogen and oxygen atoms in total. The summed E-state index contributed by atoms with van der Waals surface area (Å²) in [4.78, 5) is 0. The molecule has 0 fully saturated rings. The Morgan fingerprint density at radius 3 is 1.25 bits per heavy atom. The molecule has 4 heteroatoms. The predicted octanol–water partition coefficient (Wildman–Crippen LogP) is -0.505. The standard InChI is InChI=1S/Hf.Mg.O.W. The summed E-state index contributed by atoms with van der Waals surface area (Å²) in [5.41, 5.74) is 0. The van der Waals surface area contributed by atoms with Gasteiger partial charge in [-0.05, 0) is 0 Å². The Balaban J connectivity index is -0.00000000500. The fourth-order valence-electron chi connectivity index (χ4n) is 0. The first-order valence-electron chi connectivity index (χ1n) is 0.167. The summed E-state index contributed by atoms with van der Waals surface area (Å²) in [5.74, 6) is 0. The zero-order chi connectivity index (χ0) is 2.00. The first kappa shape index (κ1) is 16.5. The first-order valence-corrected chi connectivity index (χ1v) is 1.36. The van der Waals surface area contributed by atoms with Crippen molar-refractivity contribution in [1.82, 2.24) is 0 Å². The van der Waals surface area contributed by atoms with Gasteiger partial charge >= 0.3 is 23.2 Å². The van der Waals surface area contributed by atoms with E-state index >= 15 is 0 Å². The summed E-state index contributed by atoms with van der Waals surface area (Å²) in [6.07, 6.45) is 0. The molecule has 18 valence electrons. The van der Waals surface area contributed by atoms with E-state index in [0.29, 0.717) is 19.8 Å². The molecule has 0 aromatic rings. The van der Waals surface area contributed by atoms with Crippen LogP contribution in [0.15, 0.2) is 0 Å². The van der Waals surface area contributed by atoms with Crippen LogP contribution >= 0.6 is 0 Å². The first-order chi connectivity index (χ1) is 1.00. The molecule has 0 saturated carbocycles. The van der Waals surface area contributed by atoms with Gasteiger partial charge in [-0.25, -0.2) is 0 Å². The van der Waals surface area contributed by atoms with Crippen LogP contribution in [-0.4, -0.2) is 23.1 Å². The summed E-state index contributed by atoms with van der Waals surface area (Å²) in [7, 11) is 0. The molecule has 0 amide bonds. The summed E-state index contributed by atoms with van der Waals surface area (Å²) < 4.78 is 8.33. The summed E-state index contributed by atoms with van der Waals surface area (Å²) >= 11 is 0.333. The van der Waals surface area contributed by atoms with Gasteiger partial charge in [-0.15, -0.1) is 0 Å². The van der Waals surface area contributed by atoms with Crippen molar-refractivity contribution >= 4 is 23.1 Å². The van der Waals surface area contributed by atoms with Crippen molar-refractivity contribution in [2.45, 2.75) is 0 Å². The van der Waals surface area contributed by atoms with E-state index in [1.54, 1.807) is 0 Å². The zero-order valence-corrected chi connectivity index (χ0v) is 9.96. The number of hydrogen-bond acceptors (Lipinski definition) is 1. The van der Waals surface area contributed by atoms with Gasteiger partial charge in [0.1, 0.15) is 0 Å². The second-order valence-electron chi connectivity index (χ2n) is 0. The minimum absolute atomic E-state index is 0. The van der Waals surface area contributed by atoms with E-state index in [1.165, 1.54) is 0 Å². The fraction of sp³-hybridized carbons (Fsp3) is 0. The molecule has 0 aliphatic heterocycles. The van der Waals surface area contributed by atoms with Crippen molar-refractivity contribution in [3.8, 4) is 0 Å². The molecule has 0 aromatic carbocycles. The minimum atomic E-state index is 0. The van der Waals surface area contributed by atoms with Crippen LogP contribution < -0.4 is 0 Å². The zero-order valence-electron chi connectivity index (χ0n) is 2.02. The second kappa shape index (κ2) is 19.3. The molecule has 0 N–H and O–H groups in total. The van der Waals surface area contributed by atoms with Gasteiger partial charge in [0.2, 0.25) is 0 Å². The molecule has 0 atom stereocenters. The quantitative estimate of drug-likeness (QED) is 0.499. The molecule has 0 rings (SSSR count). The van der Waals surface area contributed by atoms with Gasteiger partial charge in [0.15, 0.2) is 0 Å². The molecule has 0 unspecified atom stereocenters. The van der Waals surface area contributed by atoms with E-state index in [0.717, 1.165) is 0 Å². The van der Waals surface area contributed by atoms with Crippen LogP contribution in [-0.2, 0) is 49.0 Å². The van der Waals surface area contributed by atoms with Crippen molar-refractivity contribution in [2.75, 3.05) is 0 Å². The van der Waals surface area contributed by atoms with Crippen LogP contribution in [0.3, 0.4) is 0 Å². The van der Waals surface area contributed by atoms with Gasteiger partial charge in [-0.3, -0.25) is 0 Å². The van der Waals surface area contributed by atoms with Gasteiger partial charge in [-0.2, -0.15) is 0 Å². The Hall–Kier alpha value is 2.12. The molecule has 0 aliphatic rings. The van der Waals surface area contributed by atoms with Gasteiger partial charge in [0.25, 0.3) is 0 Å². The Bertz CT molecular complexity index is 8.00. The molecule has 4 heavy (non-hydrogen) atoms. The fourth-order valence-corrected chi connectivity index (χ4v) is 0. The van der Waals surface area contributed by atoms with Gasteiger partial charge < -0.3 is 0 Å². The topological polar surface area (TPSA) is 17.1 Å². The molecule has 0 aromatic heterocycles. The van der Waals surface area contributed by atoms with E-state index in [9.17, 15) is 0 Å². The average molecular weight is 403 g/mol. The normalized spacial score (nSPS) is 1.00. The molecular formula is HfMgOW. The maximum atomic E-state index is 8.33. The average Bonchev–Trinajstić information content (AvgIpc) is 1.00. The van der Waals surface area contributed by atoms with E-state index in [4.69, 9.17) is 3.40 Å². The van der Waals surface area contributed by atoms with Crippen LogP contribution in [0.2, 0.25) is 0 Å². The van der Waals surface area contributed by atoms with Crippen LogP contribution in [0.1, 0.15) is 0 Å². The Labute approximate surface area is 71.0 Å². The number of hydrogen-bond donors (Lipinski definition) is 0. The molecule has 0 saturated heterocycles. The van der Waals surface area contributed by atoms with E-state index in [2.05, 4.69) is 0 Å². The van der Waals surface area contributed by atoms with Gasteiger partial charge in [0.05, 0.1) is 0 Å². The third kappa shape index (κ3) is 8.92. The van der Waals surface area contributed by atoms with Crippen molar-refractivity contribution < 1.29 is 49.0 Å². The van der Waals surface area contributed by atoms with E-state index < -0.39 is 0 Å². The summed E-state index contributed by atoms with van der Waals surface area (Å²) in [5, 5.41) is 0. The molecule has 2 radical (unpaired) electrons. The van der Waals surface area contributed by atoms with Gasteiger partial charge in [0, 0.05) is 48.9 Å². The van der Waals surface area contributed by atoms with Crippen molar-refractivity contribution in [3.05, 3.63) is 0 Å². The molecule has 0 bridgehead atoms. The molecule has 0 heterocycles. The van der Waals surface area contributed by atoms with E-state index in [1.807, 2.05) is 0 Å². The Morgan fingerprint density at radius 1 is 1.25 bits per heavy atom. The number of rotatable bonds is 0. The molecule has 0 spiro atoms. The maximum absolute atomic E-state index is 8.33. The van der Waals surface area contributed by atoms with Crippen molar-refractivity contribution in [1.29, 1.82) is 0 Å². The third-order valence-electron chi connectivity index (χ3n) is 0. The van der Waals surface area contributed by atoms with Crippen LogP contribution in [0.25, 0.3) is 0 Å². The van der Waals surface area contributed by atoms with Crippen LogP contribution in [0, 0.1) is 0 Å². The van der Waals surface area contributed by atoms with E-state index in [-0.39, 0.29) is 48.9 Å². The molecular weight excluding hydrogens is 403 g/mol. The SMILES string of the molecule is [Hf].[Mg].[O]=[W]. The third-order valence-corrected chi connectivity index (χ3v) is 0. The summed E-state index contributed by atoms with van der Waals surface area (Å²) in [6.45, 7) is 0. The predicted molar refractivity (Wildman–Crippen MR) is 6.44 cm³/mol. The Kier molecular flexibility index (Phi) is 79.5. The van der Waals surface area contributed by atoms with Crippen molar-refractivity contribution in [3.63, 3.8) is 0 Å². The monoisotopic (exact) mass is 404 g/mol. The van der Waals surface area contributed by atoms with Crippen molar-refractivity contribution in [2.24, 2.45) is 0 Å². The Morgan fingerprint density at radius 2 is 1.25 bits per heavy atom. The summed E-state index contributed by atoms with van der Waals surface area (Å²) in [6, 6.07) is 0. The van der Waals surface area contributed by atoms with Gasteiger partial charge in [-0.1, -0.05) is 0 Å². The van der Waals surface area contributed by atoms with Crippen LogP contribution in [0.4, 0.5) is 0 Å². The second-order valence-corrected chi connectivity index (χ2v) is 0. The molecule has 0 aliphatic carbocycles. The van der Waals surface area contributed by atoms with Crippen LogP contribution in [0.5, 0.6) is 0 Å².